The number of sulfone groups is 1. The third-order valence-corrected chi connectivity index (χ3v) is 9.86. The fourth-order valence-corrected chi connectivity index (χ4v) is 6.76. The Hall–Kier alpha value is -1.97. The lowest BCUT2D eigenvalue weighted by Gasteiger charge is -2.34. The van der Waals surface area contributed by atoms with Crippen molar-refractivity contribution in [1.82, 2.24) is 19.0 Å². The summed E-state index contributed by atoms with van der Waals surface area (Å²) in [6.45, 7) is 1.01. The second-order valence-electron chi connectivity index (χ2n) is 10.6. The molecule has 2 atom stereocenters. The largest absolute Gasteiger partial charge is 0.434 e. The fourth-order valence-electron chi connectivity index (χ4n) is 4.55. The summed E-state index contributed by atoms with van der Waals surface area (Å²) < 4.78 is 98.3. The van der Waals surface area contributed by atoms with E-state index in [-0.39, 0.29) is 53.2 Å². The van der Waals surface area contributed by atoms with Crippen LogP contribution < -0.4 is 10.1 Å². The van der Waals surface area contributed by atoms with Crippen molar-refractivity contribution in [3.05, 3.63) is 34.5 Å². The molecule has 41 heavy (non-hydrogen) atoms. The highest BCUT2D eigenvalue weighted by Crippen LogP contribution is 2.43. The van der Waals surface area contributed by atoms with Crippen LogP contribution in [0.25, 0.3) is 11.3 Å². The third kappa shape index (κ3) is 7.90. The first-order chi connectivity index (χ1) is 18.9. The van der Waals surface area contributed by atoms with Crippen molar-refractivity contribution in [1.29, 1.82) is 0 Å². The number of alkyl halides is 5. The molecule has 1 amide bonds. The average Bonchev–Trinajstić information content (AvgIpc) is 3.17. The first-order valence-corrected chi connectivity index (χ1v) is 15.7. The topological polar surface area (TPSA) is 93.5 Å². The molecule has 0 radical (unpaired) electrons. The highest BCUT2D eigenvalue weighted by atomic mass is 79.9. The number of amides is 1. The van der Waals surface area contributed by atoms with Gasteiger partial charge < -0.3 is 10.1 Å². The molecule has 1 N–H and O–H groups in total. The predicted molar refractivity (Wildman–Crippen MR) is 148 cm³/mol. The third-order valence-electron chi connectivity index (χ3n) is 7.04. The Morgan fingerprint density at radius 2 is 1.93 bits per heavy atom. The van der Waals surface area contributed by atoms with Gasteiger partial charge in [-0.1, -0.05) is 31.5 Å². The number of ether oxygens (including phenoxy) is 1. The van der Waals surface area contributed by atoms with Crippen LogP contribution in [0.3, 0.4) is 0 Å². The van der Waals surface area contributed by atoms with Gasteiger partial charge in [0, 0.05) is 53.6 Å². The smallest absolute Gasteiger partial charge is 0.394 e. The number of hydrogen-bond acceptors (Lipinski definition) is 6. The molecule has 1 saturated heterocycles. The standard InChI is InChI=1S/C25H31BrClF5N4O4S/c1-5-36-21(17-9-6-14(10-18(17)40-23(28)29)11-24(2,3)25(30,31)32)19(27)20(34-36)22(37)33-12-15-7-8-16(13-35(15)26)41(4,38)39/h6,9-10,15-16,23H,5,7-8,11-13H2,1-4H3,(H,33,37)/t15-,16-/m1/s1. The number of benzene rings is 1. The predicted octanol–water partition coefficient (Wildman–Crippen LogP) is 5.87. The fraction of sp³-hybridized carbons (Fsp3) is 0.600. The first kappa shape index (κ1) is 33.5. The Labute approximate surface area is 248 Å². The van der Waals surface area contributed by atoms with E-state index in [4.69, 9.17) is 11.6 Å². The summed E-state index contributed by atoms with van der Waals surface area (Å²) in [6.07, 6.45) is -2.90. The van der Waals surface area contributed by atoms with E-state index in [1.54, 1.807) is 10.8 Å². The van der Waals surface area contributed by atoms with Crippen LogP contribution in [0.1, 0.15) is 49.7 Å². The molecule has 3 rings (SSSR count). The van der Waals surface area contributed by atoms with Crippen LogP contribution in [0, 0.1) is 5.41 Å². The van der Waals surface area contributed by atoms with E-state index in [2.05, 4.69) is 31.3 Å². The van der Waals surface area contributed by atoms with Crippen molar-refractivity contribution >= 4 is 43.5 Å². The van der Waals surface area contributed by atoms with Gasteiger partial charge in [-0.2, -0.15) is 27.1 Å². The van der Waals surface area contributed by atoms with E-state index < -0.39 is 51.4 Å². The monoisotopic (exact) mass is 692 g/mol. The summed E-state index contributed by atoms with van der Waals surface area (Å²) in [6, 6.07) is 3.58. The van der Waals surface area contributed by atoms with Crippen LogP contribution in [0.15, 0.2) is 18.2 Å². The van der Waals surface area contributed by atoms with Gasteiger partial charge in [-0.25, -0.2) is 12.3 Å². The van der Waals surface area contributed by atoms with E-state index in [0.29, 0.717) is 12.8 Å². The summed E-state index contributed by atoms with van der Waals surface area (Å²) in [7, 11) is -3.22. The van der Waals surface area contributed by atoms with Gasteiger partial charge in [0.25, 0.3) is 5.91 Å². The molecule has 0 saturated carbocycles. The summed E-state index contributed by atoms with van der Waals surface area (Å²) in [4.78, 5) is 13.1. The summed E-state index contributed by atoms with van der Waals surface area (Å²) >= 11 is 9.91. The molecule has 2 aromatic rings. The molecule has 1 aliphatic rings. The molecule has 230 valence electrons. The van der Waals surface area contributed by atoms with E-state index in [1.807, 2.05) is 0 Å². The van der Waals surface area contributed by atoms with Crippen molar-refractivity contribution in [2.24, 2.45) is 5.41 Å². The van der Waals surface area contributed by atoms with Crippen molar-refractivity contribution < 1.29 is 39.9 Å². The van der Waals surface area contributed by atoms with Crippen molar-refractivity contribution in [3.8, 4) is 17.0 Å². The number of nitrogens with one attached hydrogen (secondary N) is 1. The van der Waals surface area contributed by atoms with Crippen LogP contribution in [-0.2, 0) is 22.8 Å². The number of halogens is 7. The minimum atomic E-state index is -4.53. The zero-order valence-corrected chi connectivity index (χ0v) is 25.9. The second kappa shape index (κ2) is 12.7. The number of hydrogen-bond donors (Lipinski definition) is 1. The zero-order chi connectivity index (χ0) is 30.9. The van der Waals surface area contributed by atoms with Crippen molar-refractivity contribution in [2.75, 3.05) is 19.3 Å². The van der Waals surface area contributed by atoms with E-state index in [0.717, 1.165) is 19.9 Å². The van der Waals surface area contributed by atoms with E-state index in [1.165, 1.54) is 23.1 Å². The maximum absolute atomic E-state index is 13.4. The quantitative estimate of drug-likeness (QED) is 0.247. The van der Waals surface area contributed by atoms with Crippen LogP contribution in [0.5, 0.6) is 5.75 Å². The van der Waals surface area contributed by atoms with Gasteiger partial charge in [0.05, 0.1) is 21.4 Å². The molecular weight excluding hydrogens is 663 g/mol. The normalized spacial score (nSPS) is 19.0. The van der Waals surface area contributed by atoms with Gasteiger partial charge in [0.2, 0.25) is 0 Å². The average molecular weight is 694 g/mol. The number of piperidine rings is 1. The maximum atomic E-state index is 13.4. The van der Waals surface area contributed by atoms with E-state index >= 15 is 0 Å². The van der Waals surface area contributed by atoms with Gasteiger partial charge in [0.1, 0.15) is 5.75 Å². The Morgan fingerprint density at radius 3 is 2.46 bits per heavy atom. The maximum Gasteiger partial charge on any atom is 0.394 e. The molecule has 1 aromatic carbocycles. The van der Waals surface area contributed by atoms with Gasteiger partial charge in [-0.3, -0.25) is 9.48 Å². The van der Waals surface area contributed by atoms with Crippen LogP contribution in [0.2, 0.25) is 5.02 Å². The zero-order valence-electron chi connectivity index (χ0n) is 22.7. The molecule has 1 aliphatic heterocycles. The molecule has 0 bridgehead atoms. The van der Waals surface area contributed by atoms with Gasteiger partial charge >= 0.3 is 12.8 Å². The van der Waals surface area contributed by atoms with Crippen molar-refractivity contribution in [2.45, 2.75) is 70.7 Å². The molecule has 1 aromatic heterocycles. The van der Waals surface area contributed by atoms with Crippen LogP contribution >= 0.6 is 27.7 Å². The van der Waals surface area contributed by atoms with Crippen LogP contribution in [0.4, 0.5) is 22.0 Å². The van der Waals surface area contributed by atoms with Gasteiger partial charge in [0.15, 0.2) is 15.5 Å². The number of carbonyl (C=O) groups is 1. The molecular formula is C25H31BrClF5N4O4S. The minimum Gasteiger partial charge on any atom is -0.434 e. The highest BCUT2D eigenvalue weighted by Gasteiger charge is 2.47. The second-order valence-corrected chi connectivity index (χ2v) is 14.2. The highest BCUT2D eigenvalue weighted by molar-refractivity contribution is 9.07. The molecule has 1 fully saturated rings. The molecule has 0 unspecified atom stereocenters. The summed E-state index contributed by atoms with van der Waals surface area (Å²) in [5.41, 5.74) is -2.07. The number of aromatic nitrogens is 2. The minimum absolute atomic E-state index is 0.0306. The van der Waals surface area contributed by atoms with Crippen molar-refractivity contribution in [3.63, 3.8) is 0 Å². The molecule has 2 heterocycles. The van der Waals surface area contributed by atoms with Gasteiger partial charge in [-0.05, 0) is 43.9 Å². The lowest BCUT2D eigenvalue weighted by molar-refractivity contribution is -0.211. The summed E-state index contributed by atoms with van der Waals surface area (Å²) in [5, 5.41) is 6.29. The number of rotatable bonds is 10. The lowest BCUT2D eigenvalue weighted by atomic mass is 9.84. The molecule has 8 nitrogen and oxygen atoms in total. The number of nitrogens with zero attached hydrogens (tertiary/aromatic N) is 3. The summed E-state index contributed by atoms with van der Waals surface area (Å²) in [5.74, 6) is -1.05. The van der Waals surface area contributed by atoms with Crippen LogP contribution in [-0.4, -0.2) is 71.5 Å². The first-order valence-electron chi connectivity index (χ1n) is 12.7. The Bertz CT molecular complexity index is 1370. The number of aryl methyl sites for hydroxylation is 1. The Kier molecular flexibility index (Phi) is 10.4. The lowest BCUT2D eigenvalue weighted by Crippen LogP contribution is -2.47. The molecule has 0 aliphatic carbocycles. The van der Waals surface area contributed by atoms with Gasteiger partial charge in [-0.15, -0.1) is 0 Å². The molecule has 16 heteroatoms. The Balaban J connectivity index is 1.88. The Morgan fingerprint density at radius 1 is 1.27 bits per heavy atom. The molecule has 0 spiro atoms. The SMILES string of the molecule is CCn1nc(C(=O)NC[C@H]2CC[C@@H](S(C)(=O)=O)CN2Br)c(Cl)c1-c1ccc(CC(C)(C)C(F)(F)F)cc1OC(F)F. The number of carbonyl (C=O) groups excluding carboxylic acids is 1. The van der Waals surface area contributed by atoms with E-state index in [9.17, 15) is 35.2 Å².